The van der Waals surface area contributed by atoms with E-state index in [4.69, 9.17) is 5.11 Å². The van der Waals surface area contributed by atoms with E-state index in [1.54, 1.807) is 0 Å². The van der Waals surface area contributed by atoms with Crippen molar-refractivity contribution in [2.24, 2.45) is 11.8 Å². The second kappa shape index (κ2) is 4.56. The summed E-state index contributed by atoms with van der Waals surface area (Å²) in [6.07, 6.45) is 3.45. The summed E-state index contributed by atoms with van der Waals surface area (Å²) < 4.78 is 3.62. The average Bonchev–Trinajstić information content (AvgIpc) is 2.86. The quantitative estimate of drug-likeness (QED) is 0.822. The largest absolute Gasteiger partial charge is 0.481 e. The number of aliphatic carboxylic acids is 1. The monoisotopic (exact) mass is 241 g/mol. The molecule has 1 aromatic heterocycles. The lowest BCUT2D eigenvalue weighted by molar-refractivity contribution is -0.145. The summed E-state index contributed by atoms with van der Waals surface area (Å²) in [6.45, 7) is 0. The fourth-order valence-electron chi connectivity index (χ4n) is 2.01. The minimum Gasteiger partial charge on any atom is -0.481 e. The zero-order valence-corrected chi connectivity index (χ0v) is 9.24. The maximum Gasteiger partial charge on any atom is 0.307 e. The van der Waals surface area contributed by atoms with Gasteiger partial charge in [0.05, 0.1) is 18.0 Å². The first kappa shape index (κ1) is 11.0. The molecule has 1 aromatic rings. The third kappa shape index (κ3) is 2.19. The number of anilines is 1. The van der Waals surface area contributed by atoms with Gasteiger partial charge in [-0.25, -0.2) is 0 Å². The van der Waals surface area contributed by atoms with Gasteiger partial charge >= 0.3 is 5.97 Å². The first-order valence-corrected chi connectivity index (χ1v) is 5.77. The molecule has 6 nitrogen and oxygen atoms in total. The van der Waals surface area contributed by atoms with Crippen LogP contribution in [-0.4, -0.2) is 26.6 Å². The molecule has 2 rings (SSSR count). The Morgan fingerprint density at radius 3 is 2.81 bits per heavy atom. The molecule has 0 aromatic carbocycles. The van der Waals surface area contributed by atoms with Crippen molar-refractivity contribution in [1.29, 1.82) is 0 Å². The molecule has 0 radical (unpaired) electrons. The molecule has 1 saturated carbocycles. The van der Waals surface area contributed by atoms with Gasteiger partial charge in [-0.1, -0.05) is 10.9 Å². The minimum atomic E-state index is -0.889. The summed E-state index contributed by atoms with van der Waals surface area (Å²) in [4.78, 5) is 22.7. The maximum atomic E-state index is 11.8. The van der Waals surface area contributed by atoms with Crippen LogP contribution in [0.5, 0.6) is 0 Å². The van der Waals surface area contributed by atoms with Crippen LogP contribution in [0.2, 0.25) is 0 Å². The molecule has 2 N–H and O–H groups in total. The van der Waals surface area contributed by atoms with Gasteiger partial charge in [-0.05, 0) is 12.8 Å². The first-order chi connectivity index (χ1) is 7.68. The standard InChI is InChI=1S/C9H11N3O3S/c13-8(11-7-4-10-12-16-7)5-2-1-3-6(5)9(14)15/h4-6H,1-3H2,(H,11,13)(H,14,15). The van der Waals surface area contributed by atoms with Gasteiger partial charge in [-0.2, -0.15) is 0 Å². The maximum absolute atomic E-state index is 11.8. The van der Waals surface area contributed by atoms with Gasteiger partial charge in [0.1, 0.15) is 5.00 Å². The Hall–Kier alpha value is -1.50. The van der Waals surface area contributed by atoms with Crippen molar-refractivity contribution in [3.63, 3.8) is 0 Å². The molecule has 1 fully saturated rings. The molecule has 7 heteroatoms. The summed E-state index contributed by atoms with van der Waals surface area (Å²) in [5, 5.41) is 15.7. The van der Waals surface area contributed by atoms with Crippen molar-refractivity contribution in [2.45, 2.75) is 19.3 Å². The van der Waals surface area contributed by atoms with Crippen molar-refractivity contribution < 1.29 is 14.7 Å². The number of hydrogen-bond acceptors (Lipinski definition) is 5. The highest BCUT2D eigenvalue weighted by Gasteiger charge is 2.37. The van der Waals surface area contributed by atoms with Crippen molar-refractivity contribution in [1.82, 2.24) is 9.59 Å². The fraction of sp³-hybridized carbons (Fsp3) is 0.556. The Kier molecular flexibility index (Phi) is 3.14. The van der Waals surface area contributed by atoms with Crippen LogP contribution in [0.25, 0.3) is 0 Å². The summed E-state index contributed by atoms with van der Waals surface area (Å²) in [6, 6.07) is 0. The molecule has 1 amide bonds. The number of carboxylic acid groups (broad SMARTS) is 1. The van der Waals surface area contributed by atoms with Crippen LogP contribution in [-0.2, 0) is 9.59 Å². The van der Waals surface area contributed by atoms with Gasteiger partial charge in [0.25, 0.3) is 0 Å². The Morgan fingerprint density at radius 1 is 1.44 bits per heavy atom. The topological polar surface area (TPSA) is 92.2 Å². The number of aromatic nitrogens is 2. The van der Waals surface area contributed by atoms with Gasteiger partial charge in [0.2, 0.25) is 5.91 Å². The van der Waals surface area contributed by atoms with E-state index in [0.29, 0.717) is 17.8 Å². The van der Waals surface area contributed by atoms with E-state index < -0.39 is 17.8 Å². The van der Waals surface area contributed by atoms with Gasteiger partial charge in [-0.15, -0.1) is 5.10 Å². The van der Waals surface area contributed by atoms with Crippen LogP contribution in [0, 0.1) is 11.8 Å². The van der Waals surface area contributed by atoms with Gasteiger partial charge in [0.15, 0.2) is 0 Å². The highest BCUT2D eigenvalue weighted by Crippen LogP contribution is 2.32. The first-order valence-electron chi connectivity index (χ1n) is 4.99. The minimum absolute atomic E-state index is 0.240. The second-order valence-electron chi connectivity index (χ2n) is 3.75. The Bertz CT molecular complexity index is 393. The average molecular weight is 241 g/mol. The predicted octanol–water partition coefficient (Wildman–Crippen LogP) is 0.977. The molecule has 1 aliphatic carbocycles. The summed E-state index contributed by atoms with van der Waals surface area (Å²) in [5.74, 6) is -2.11. The number of nitrogens with one attached hydrogen (secondary N) is 1. The zero-order valence-electron chi connectivity index (χ0n) is 8.42. The second-order valence-corrected chi connectivity index (χ2v) is 4.54. The van der Waals surface area contributed by atoms with E-state index in [1.165, 1.54) is 6.20 Å². The highest BCUT2D eigenvalue weighted by molar-refractivity contribution is 7.10. The van der Waals surface area contributed by atoms with Crippen LogP contribution < -0.4 is 5.32 Å². The van der Waals surface area contributed by atoms with E-state index in [9.17, 15) is 9.59 Å². The number of carboxylic acids is 1. The van der Waals surface area contributed by atoms with Gasteiger partial charge in [0, 0.05) is 11.5 Å². The van der Waals surface area contributed by atoms with Crippen molar-refractivity contribution >= 4 is 28.4 Å². The van der Waals surface area contributed by atoms with Crippen molar-refractivity contribution in [3.8, 4) is 0 Å². The van der Waals surface area contributed by atoms with E-state index in [1.807, 2.05) is 0 Å². The molecule has 0 spiro atoms. The van der Waals surface area contributed by atoms with Crippen molar-refractivity contribution in [3.05, 3.63) is 6.20 Å². The summed E-state index contributed by atoms with van der Waals surface area (Å²) in [5.41, 5.74) is 0. The van der Waals surface area contributed by atoms with Crippen LogP contribution in [0.4, 0.5) is 5.00 Å². The molecule has 2 atom stereocenters. The van der Waals surface area contributed by atoms with Crippen LogP contribution in [0.3, 0.4) is 0 Å². The lowest BCUT2D eigenvalue weighted by Crippen LogP contribution is -2.29. The fourth-order valence-corrected chi connectivity index (χ4v) is 2.43. The molecule has 1 heterocycles. The molecule has 1 aliphatic rings. The lowest BCUT2D eigenvalue weighted by atomic mass is 9.95. The molecular weight excluding hydrogens is 230 g/mol. The Morgan fingerprint density at radius 2 is 2.19 bits per heavy atom. The Labute approximate surface area is 95.8 Å². The van der Waals surface area contributed by atoms with Crippen LogP contribution >= 0.6 is 11.5 Å². The number of hydrogen-bond donors (Lipinski definition) is 2. The van der Waals surface area contributed by atoms with Gasteiger partial charge < -0.3 is 10.4 Å². The van der Waals surface area contributed by atoms with E-state index >= 15 is 0 Å². The highest BCUT2D eigenvalue weighted by atomic mass is 32.1. The number of rotatable bonds is 3. The predicted molar refractivity (Wildman–Crippen MR) is 57.0 cm³/mol. The van der Waals surface area contributed by atoms with E-state index in [0.717, 1.165) is 18.0 Å². The summed E-state index contributed by atoms with van der Waals surface area (Å²) >= 11 is 1.08. The number of nitrogens with zero attached hydrogens (tertiary/aromatic N) is 2. The smallest absolute Gasteiger partial charge is 0.307 e. The lowest BCUT2D eigenvalue weighted by Gasteiger charge is -2.14. The molecule has 0 aliphatic heterocycles. The normalized spacial score (nSPS) is 24.2. The van der Waals surface area contributed by atoms with E-state index in [-0.39, 0.29) is 5.91 Å². The van der Waals surface area contributed by atoms with Crippen LogP contribution in [0.1, 0.15) is 19.3 Å². The third-order valence-electron chi connectivity index (χ3n) is 2.78. The Balaban J connectivity index is 2.01. The van der Waals surface area contributed by atoms with Gasteiger partial charge in [-0.3, -0.25) is 9.59 Å². The molecule has 86 valence electrons. The van der Waals surface area contributed by atoms with E-state index in [2.05, 4.69) is 14.9 Å². The number of amides is 1. The summed E-state index contributed by atoms with van der Waals surface area (Å²) in [7, 11) is 0. The molecule has 16 heavy (non-hydrogen) atoms. The molecule has 0 saturated heterocycles. The molecule has 0 bridgehead atoms. The third-order valence-corrected chi connectivity index (χ3v) is 3.36. The SMILES string of the molecule is O=C(O)C1CCCC1C(=O)Nc1cnns1. The molecule has 2 unspecified atom stereocenters. The number of carbonyl (C=O) groups is 2. The molecular formula is C9H11N3O3S. The number of carbonyl (C=O) groups excluding carboxylic acids is 1. The zero-order chi connectivity index (χ0) is 11.5. The van der Waals surface area contributed by atoms with Crippen LogP contribution in [0.15, 0.2) is 6.20 Å². The van der Waals surface area contributed by atoms with Crippen molar-refractivity contribution in [2.75, 3.05) is 5.32 Å².